The molecule has 3 amide bonds. The van der Waals surface area contributed by atoms with Gasteiger partial charge in [0, 0.05) is 30.1 Å². The minimum atomic E-state index is -0.741. The highest BCUT2D eigenvalue weighted by molar-refractivity contribution is 6.07. The molecule has 16 nitrogen and oxygen atoms in total. The van der Waals surface area contributed by atoms with Gasteiger partial charge in [0.1, 0.15) is 30.0 Å². The van der Waals surface area contributed by atoms with Crippen LogP contribution in [-0.4, -0.2) is 117 Å². The first-order valence-electron chi connectivity index (χ1n) is 25.1. The Labute approximate surface area is 403 Å². The number of likely N-dealkylation sites (tertiary alicyclic amines) is 2. The van der Waals surface area contributed by atoms with Gasteiger partial charge in [-0.25, -0.2) is 14.8 Å². The maximum atomic E-state index is 14.6. The molecule has 368 valence electrons. The fourth-order valence-corrected chi connectivity index (χ4v) is 12.5. The number of aromatic amines is 2. The SMILES string of the molecule is COCN[C@H](C(=O)N1[C@@H](C)CC[C@H]1c1nc2ccc3cc4c(cc3c2[nH]1)OCc1cc(-c2cnc([C@@H]3CC[C@H](C)N3C(=O)[C@@H](NC(=O)OC)C3C[C@@H](C)O[C@H](C)C3)[nH]2)ccc1-4)C1C[C@@H](C)O[C@H](C)C1. The van der Waals surface area contributed by atoms with Crippen LogP contribution in [-0.2, 0) is 35.1 Å². The number of amides is 3. The number of fused-ring (bicyclic) bond motifs is 6. The number of carbonyl (C=O) groups excluding carboxylic acids is 3. The number of nitrogens with zero attached hydrogens (tertiary/aromatic N) is 4. The van der Waals surface area contributed by atoms with Crippen molar-refractivity contribution in [2.45, 2.75) is 160 Å². The molecule has 7 heterocycles. The Balaban J connectivity index is 0.888. The normalized spacial score (nSPS) is 28.8. The number of hydrogen-bond acceptors (Lipinski definition) is 11. The molecule has 4 N–H and O–H groups in total. The van der Waals surface area contributed by atoms with Crippen molar-refractivity contribution in [1.29, 1.82) is 0 Å². The third-order valence-corrected chi connectivity index (χ3v) is 15.6. The number of benzene rings is 3. The van der Waals surface area contributed by atoms with Gasteiger partial charge in [-0.2, -0.15) is 0 Å². The highest BCUT2D eigenvalue weighted by Gasteiger charge is 2.46. The van der Waals surface area contributed by atoms with E-state index in [0.717, 1.165) is 106 Å². The number of aromatic nitrogens is 4. The number of rotatable bonds is 11. The molecule has 69 heavy (non-hydrogen) atoms. The Morgan fingerprint density at radius 1 is 0.754 bits per heavy atom. The zero-order valence-corrected chi connectivity index (χ0v) is 41.2. The number of nitrogens with one attached hydrogen (secondary N) is 4. The lowest BCUT2D eigenvalue weighted by molar-refractivity contribution is -0.142. The number of H-pyrrole nitrogens is 2. The number of methoxy groups -OCH3 is 2. The summed E-state index contributed by atoms with van der Waals surface area (Å²) in [5.74, 6) is 2.33. The summed E-state index contributed by atoms with van der Waals surface area (Å²) in [4.78, 5) is 63.0. The van der Waals surface area contributed by atoms with E-state index in [1.165, 1.54) is 7.11 Å². The largest absolute Gasteiger partial charge is 0.488 e. The van der Waals surface area contributed by atoms with E-state index in [0.29, 0.717) is 26.2 Å². The summed E-state index contributed by atoms with van der Waals surface area (Å²) in [6, 6.07) is 13.4. The Kier molecular flexibility index (Phi) is 13.2. The van der Waals surface area contributed by atoms with Gasteiger partial charge < -0.3 is 48.8 Å². The Hall–Kier alpha value is -5.55. The van der Waals surface area contributed by atoms with Crippen molar-refractivity contribution < 1.29 is 38.1 Å². The minimum absolute atomic E-state index is 0.0258. The van der Waals surface area contributed by atoms with Crippen molar-refractivity contribution >= 4 is 39.7 Å². The predicted molar refractivity (Wildman–Crippen MR) is 261 cm³/mol. The summed E-state index contributed by atoms with van der Waals surface area (Å²) in [7, 11) is 2.97. The standard InChI is InChI=1S/C53H68N8O8/c1-27-9-15-43(60(27)52(63)47(59-53(64)66-8)36-19-31(5)69-32(6)20-36)49-54-24-42(57-49)34-11-13-38-37(21-34)25-67-45-23-39-33(22-40(38)45)12-14-41-48(39)58-50(56-41)44-16-10-28(2)61(44)51(62)46(55-26-65-7)35-17-29(3)68-30(4)18-35/h11-14,21-24,27-32,35-36,43-44,46-47,55H,9-10,15-20,25-26H2,1-8H3,(H,54,57)(H,56,58)(H,59,64)/t27-,28-,29+,30+,31+,32+,43-,44-,46-,47-/m0/s1. The molecule has 5 aromatic rings. The van der Waals surface area contributed by atoms with Crippen molar-refractivity contribution in [3.05, 3.63) is 65.9 Å². The van der Waals surface area contributed by atoms with Crippen molar-refractivity contribution in [3.63, 3.8) is 0 Å². The number of hydrogen-bond donors (Lipinski definition) is 4. The summed E-state index contributed by atoms with van der Waals surface area (Å²) in [6.45, 7) is 13.1. The molecule has 5 aliphatic rings. The van der Waals surface area contributed by atoms with Crippen molar-refractivity contribution in [1.82, 2.24) is 40.4 Å². The summed E-state index contributed by atoms with van der Waals surface area (Å²) in [6.07, 6.45) is 7.57. The third kappa shape index (κ3) is 9.09. The first kappa shape index (κ1) is 47.1. The first-order valence-corrected chi connectivity index (χ1v) is 25.1. The lowest BCUT2D eigenvalue weighted by atomic mass is 9.85. The monoisotopic (exact) mass is 945 g/mol. The van der Waals surface area contributed by atoms with Crippen molar-refractivity contribution in [3.8, 4) is 28.1 Å². The number of carbonyl (C=O) groups is 3. The molecule has 16 heteroatoms. The maximum Gasteiger partial charge on any atom is 0.407 e. The molecule has 4 fully saturated rings. The van der Waals surface area contributed by atoms with E-state index in [1.54, 1.807) is 7.11 Å². The molecule has 0 aliphatic carbocycles. The van der Waals surface area contributed by atoms with E-state index in [2.05, 4.69) is 95.7 Å². The highest BCUT2D eigenvalue weighted by Crippen LogP contribution is 2.45. The third-order valence-electron chi connectivity index (χ3n) is 15.6. The van der Waals surface area contributed by atoms with Crippen LogP contribution >= 0.6 is 0 Å². The van der Waals surface area contributed by atoms with E-state index in [-0.39, 0.29) is 78.3 Å². The Morgan fingerprint density at radius 3 is 2.04 bits per heavy atom. The van der Waals surface area contributed by atoms with Gasteiger partial charge in [0.15, 0.2) is 0 Å². The second-order valence-electron chi connectivity index (χ2n) is 20.6. The van der Waals surface area contributed by atoms with Gasteiger partial charge >= 0.3 is 6.09 Å². The van der Waals surface area contributed by atoms with Crippen molar-refractivity contribution in [2.24, 2.45) is 11.8 Å². The van der Waals surface area contributed by atoms with Gasteiger partial charge in [0.05, 0.1) is 79.3 Å². The summed E-state index contributed by atoms with van der Waals surface area (Å²) in [5.41, 5.74) is 6.79. The smallest absolute Gasteiger partial charge is 0.407 e. The second kappa shape index (κ2) is 19.3. The van der Waals surface area contributed by atoms with Crippen LogP contribution in [0.5, 0.6) is 5.75 Å². The average molecular weight is 945 g/mol. The van der Waals surface area contributed by atoms with E-state index < -0.39 is 12.1 Å². The van der Waals surface area contributed by atoms with Crippen LogP contribution in [0.1, 0.15) is 122 Å². The van der Waals surface area contributed by atoms with Gasteiger partial charge in [0.25, 0.3) is 0 Å². The molecule has 0 spiro atoms. The molecule has 2 aromatic heterocycles. The number of imidazole rings is 2. The predicted octanol–water partition coefficient (Wildman–Crippen LogP) is 8.46. The lowest BCUT2D eigenvalue weighted by Crippen LogP contribution is -2.55. The fourth-order valence-electron chi connectivity index (χ4n) is 12.5. The Morgan fingerprint density at radius 2 is 1.39 bits per heavy atom. The average Bonchev–Trinajstić information content (AvgIpc) is 4.15. The van der Waals surface area contributed by atoms with E-state index in [1.807, 2.05) is 24.9 Å². The fraction of sp³-hybridized carbons (Fsp3) is 0.566. The van der Waals surface area contributed by atoms with Gasteiger partial charge in [0.2, 0.25) is 11.8 Å². The molecular formula is C53H68N8O8. The molecule has 4 saturated heterocycles. The van der Waals surface area contributed by atoms with Crippen molar-refractivity contribution in [2.75, 3.05) is 21.0 Å². The molecule has 10 rings (SSSR count). The van der Waals surface area contributed by atoms with Gasteiger partial charge in [-0.3, -0.25) is 14.9 Å². The summed E-state index contributed by atoms with van der Waals surface area (Å²) < 4.78 is 29.0. The van der Waals surface area contributed by atoms with Gasteiger partial charge in [-0.1, -0.05) is 18.2 Å². The topological polar surface area (TPSA) is 185 Å². The zero-order valence-electron chi connectivity index (χ0n) is 41.2. The number of alkyl carbamates (subject to hydrolysis) is 1. The minimum Gasteiger partial charge on any atom is -0.488 e. The molecule has 0 radical (unpaired) electrons. The summed E-state index contributed by atoms with van der Waals surface area (Å²) >= 11 is 0. The van der Waals surface area contributed by atoms with Crippen LogP contribution < -0.4 is 15.4 Å². The molecule has 0 bridgehead atoms. The molecule has 10 atom stereocenters. The zero-order chi connectivity index (χ0) is 48.2. The molecule has 0 saturated carbocycles. The van der Waals surface area contributed by atoms with E-state index in [9.17, 15) is 14.4 Å². The van der Waals surface area contributed by atoms with Crippen LogP contribution in [0.25, 0.3) is 44.2 Å². The van der Waals surface area contributed by atoms with Crippen LogP contribution in [0.15, 0.2) is 48.7 Å². The van der Waals surface area contributed by atoms with E-state index >= 15 is 0 Å². The Bertz CT molecular complexity index is 2700. The molecule has 3 aromatic carbocycles. The number of ether oxygens (including phenoxy) is 5. The van der Waals surface area contributed by atoms with Gasteiger partial charge in [-0.05, 0) is 151 Å². The molecule has 5 aliphatic heterocycles. The van der Waals surface area contributed by atoms with Crippen LogP contribution in [0, 0.1) is 11.8 Å². The van der Waals surface area contributed by atoms with Crippen LogP contribution in [0.4, 0.5) is 4.79 Å². The van der Waals surface area contributed by atoms with Crippen LogP contribution in [0.3, 0.4) is 0 Å². The molecule has 0 unspecified atom stereocenters. The molecular weight excluding hydrogens is 877 g/mol. The lowest BCUT2D eigenvalue weighted by Gasteiger charge is -2.39. The first-order chi connectivity index (χ1) is 33.3. The highest BCUT2D eigenvalue weighted by atomic mass is 16.5. The second-order valence-corrected chi connectivity index (χ2v) is 20.6. The van der Waals surface area contributed by atoms with Crippen LogP contribution in [0.2, 0.25) is 0 Å². The van der Waals surface area contributed by atoms with E-state index in [4.69, 9.17) is 33.7 Å². The summed E-state index contributed by atoms with van der Waals surface area (Å²) in [5, 5.41) is 8.41. The quantitative estimate of drug-likeness (QED) is 0.0932. The van der Waals surface area contributed by atoms with Gasteiger partial charge in [-0.15, -0.1) is 0 Å². The maximum absolute atomic E-state index is 14.6.